The Morgan fingerprint density at radius 1 is 1.56 bits per heavy atom. The summed E-state index contributed by atoms with van der Waals surface area (Å²) < 4.78 is 5.28. The van der Waals surface area contributed by atoms with Crippen molar-refractivity contribution < 1.29 is 9.53 Å². The van der Waals surface area contributed by atoms with Gasteiger partial charge in [-0.25, -0.2) is 0 Å². The van der Waals surface area contributed by atoms with Crippen LogP contribution in [-0.2, 0) is 4.79 Å². The second-order valence-electron chi connectivity index (χ2n) is 3.85. The lowest BCUT2D eigenvalue weighted by molar-refractivity contribution is -0.118. The molecule has 0 aliphatic carbocycles. The van der Waals surface area contributed by atoms with Gasteiger partial charge < -0.3 is 10.1 Å². The highest BCUT2D eigenvalue weighted by Gasteiger charge is 2.17. The number of amides is 1. The number of rotatable bonds is 3. The van der Waals surface area contributed by atoms with Gasteiger partial charge in [0.2, 0.25) is 0 Å². The third kappa shape index (κ3) is 2.30. The second kappa shape index (κ2) is 4.74. The van der Waals surface area contributed by atoms with Crippen molar-refractivity contribution in [2.75, 3.05) is 11.9 Å². The number of carbonyl (C=O) groups is 1. The normalized spacial score (nSPS) is 16.0. The number of ether oxygens (including phenoxy) is 1. The number of anilines is 1. The van der Waals surface area contributed by atoms with Crippen molar-refractivity contribution in [3.05, 3.63) is 23.8 Å². The van der Waals surface area contributed by atoms with Crippen molar-refractivity contribution in [3.63, 3.8) is 0 Å². The van der Waals surface area contributed by atoms with E-state index in [0.717, 1.165) is 24.1 Å². The van der Waals surface area contributed by atoms with Crippen LogP contribution in [0.1, 0.15) is 30.7 Å². The first-order valence-electron chi connectivity index (χ1n) is 5.41. The van der Waals surface area contributed by atoms with Crippen LogP contribution in [0.15, 0.2) is 18.2 Å². The van der Waals surface area contributed by atoms with Gasteiger partial charge in [-0.1, -0.05) is 19.4 Å². The topological polar surface area (TPSA) is 38.3 Å². The van der Waals surface area contributed by atoms with Gasteiger partial charge in [-0.05, 0) is 24.1 Å². The monoisotopic (exact) mass is 239 g/mol. The molecule has 1 N–H and O–H groups in total. The maximum Gasteiger partial charge on any atom is 0.262 e. The molecule has 1 aliphatic heterocycles. The van der Waals surface area contributed by atoms with Crippen molar-refractivity contribution in [2.24, 2.45) is 0 Å². The Hall–Kier alpha value is -1.22. The van der Waals surface area contributed by atoms with E-state index in [1.54, 1.807) is 0 Å². The van der Waals surface area contributed by atoms with E-state index in [1.165, 1.54) is 0 Å². The molecule has 0 spiro atoms. The first kappa shape index (κ1) is 11.3. The standard InChI is InChI=1S/C12H14ClNO2/c1-2-3-9(13)8-4-5-11-10(6-8)14-12(15)7-16-11/h4-6,9H,2-3,7H2,1H3,(H,14,15). The van der Waals surface area contributed by atoms with Crippen LogP contribution in [0, 0.1) is 0 Å². The number of halogens is 1. The van der Waals surface area contributed by atoms with Gasteiger partial charge in [-0.3, -0.25) is 4.79 Å². The Bertz CT molecular complexity index is 406. The number of fused-ring (bicyclic) bond motifs is 1. The van der Waals surface area contributed by atoms with E-state index in [-0.39, 0.29) is 17.9 Å². The highest BCUT2D eigenvalue weighted by Crippen LogP contribution is 2.33. The smallest absolute Gasteiger partial charge is 0.262 e. The van der Waals surface area contributed by atoms with Gasteiger partial charge in [-0.2, -0.15) is 0 Å². The van der Waals surface area contributed by atoms with Gasteiger partial charge in [-0.15, -0.1) is 11.6 Å². The molecule has 1 unspecified atom stereocenters. The molecule has 3 nitrogen and oxygen atoms in total. The Morgan fingerprint density at radius 3 is 3.12 bits per heavy atom. The fraction of sp³-hybridized carbons (Fsp3) is 0.417. The summed E-state index contributed by atoms with van der Waals surface area (Å²) in [5.74, 6) is 0.593. The first-order valence-corrected chi connectivity index (χ1v) is 5.85. The van der Waals surface area contributed by atoms with E-state index in [1.807, 2.05) is 18.2 Å². The fourth-order valence-corrected chi connectivity index (χ4v) is 2.07. The minimum Gasteiger partial charge on any atom is -0.482 e. The van der Waals surface area contributed by atoms with Crippen LogP contribution in [0.4, 0.5) is 5.69 Å². The van der Waals surface area contributed by atoms with Gasteiger partial charge in [0.25, 0.3) is 5.91 Å². The van der Waals surface area contributed by atoms with Gasteiger partial charge in [0.05, 0.1) is 11.1 Å². The van der Waals surface area contributed by atoms with E-state index < -0.39 is 0 Å². The second-order valence-corrected chi connectivity index (χ2v) is 4.38. The number of hydrogen-bond acceptors (Lipinski definition) is 2. The predicted molar refractivity (Wildman–Crippen MR) is 64.1 cm³/mol. The summed E-state index contributed by atoms with van der Waals surface area (Å²) in [6, 6.07) is 5.69. The molecule has 0 aromatic heterocycles. The Kier molecular flexibility index (Phi) is 3.34. The molecule has 0 radical (unpaired) electrons. The maximum atomic E-state index is 11.2. The summed E-state index contributed by atoms with van der Waals surface area (Å²) >= 11 is 6.23. The van der Waals surface area contributed by atoms with Crippen LogP contribution in [0.2, 0.25) is 0 Å². The molecular formula is C12H14ClNO2. The van der Waals surface area contributed by atoms with E-state index in [4.69, 9.17) is 16.3 Å². The predicted octanol–water partition coefficient (Wildman–Crippen LogP) is 3.10. The van der Waals surface area contributed by atoms with Crippen molar-refractivity contribution in [2.45, 2.75) is 25.1 Å². The van der Waals surface area contributed by atoms with Crippen LogP contribution in [0.25, 0.3) is 0 Å². The van der Waals surface area contributed by atoms with E-state index in [2.05, 4.69) is 12.2 Å². The summed E-state index contributed by atoms with van der Waals surface area (Å²) in [4.78, 5) is 11.2. The van der Waals surface area contributed by atoms with Gasteiger partial charge >= 0.3 is 0 Å². The average molecular weight is 240 g/mol. The largest absolute Gasteiger partial charge is 0.482 e. The van der Waals surface area contributed by atoms with E-state index in [9.17, 15) is 4.79 Å². The van der Waals surface area contributed by atoms with Crippen LogP contribution < -0.4 is 10.1 Å². The summed E-state index contributed by atoms with van der Waals surface area (Å²) in [5, 5.41) is 2.77. The molecule has 1 atom stereocenters. The number of carbonyl (C=O) groups excluding carboxylic acids is 1. The lowest BCUT2D eigenvalue weighted by atomic mass is 10.1. The van der Waals surface area contributed by atoms with Gasteiger partial charge in [0.15, 0.2) is 6.61 Å². The molecule has 1 aromatic carbocycles. The minimum atomic E-state index is -0.119. The lowest BCUT2D eigenvalue weighted by Crippen LogP contribution is -2.25. The van der Waals surface area contributed by atoms with Crippen molar-refractivity contribution >= 4 is 23.2 Å². The van der Waals surface area contributed by atoms with E-state index >= 15 is 0 Å². The highest BCUT2D eigenvalue weighted by atomic mass is 35.5. The third-order valence-corrected chi connectivity index (χ3v) is 3.01. The van der Waals surface area contributed by atoms with Crippen LogP contribution >= 0.6 is 11.6 Å². The maximum absolute atomic E-state index is 11.2. The van der Waals surface area contributed by atoms with Crippen molar-refractivity contribution in [1.29, 1.82) is 0 Å². The molecule has 0 bridgehead atoms. The fourth-order valence-electron chi connectivity index (χ4n) is 1.72. The zero-order chi connectivity index (χ0) is 11.5. The average Bonchev–Trinajstić information content (AvgIpc) is 2.28. The SMILES string of the molecule is CCCC(Cl)c1ccc2c(c1)NC(=O)CO2. The molecule has 1 heterocycles. The molecule has 0 fully saturated rings. The number of hydrogen-bond donors (Lipinski definition) is 1. The molecule has 1 aliphatic rings. The Labute approximate surface area is 99.7 Å². The molecule has 1 aromatic rings. The molecule has 16 heavy (non-hydrogen) atoms. The van der Waals surface area contributed by atoms with Gasteiger partial charge in [0, 0.05) is 0 Å². The number of benzene rings is 1. The third-order valence-electron chi connectivity index (χ3n) is 2.54. The van der Waals surface area contributed by atoms with Crippen LogP contribution in [0.3, 0.4) is 0 Å². The Balaban J connectivity index is 2.24. The Morgan fingerprint density at radius 2 is 2.38 bits per heavy atom. The van der Waals surface area contributed by atoms with Crippen LogP contribution in [0.5, 0.6) is 5.75 Å². The molecular weight excluding hydrogens is 226 g/mol. The molecule has 86 valence electrons. The van der Waals surface area contributed by atoms with E-state index in [0.29, 0.717) is 5.75 Å². The molecule has 0 saturated heterocycles. The number of nitrogens with one attached hydrogen (secondary N) is 1. The quantitative estimate of drug-likeness (QED) is 0.824. The van der Waals surface area contributed by atoms with Crippen LogP contribution in [-0.4, -0.2) is 12.5 Å². The number of alkyl halides is 1. The molecule has 2 rings (SSSR count). The first-order chi connectivity index (χ1) is 7.70. The van der Waals surface area contributed by atoms with Crippen molar-refractivity contribution in [1.82, 2.24) is 0 Å². The minimum absolute atomic E-state index is 0.00544. The zero-order valence-corrected chi connectivity index (χ0v) is 9.88. The summed E-state index contributed by atoms with van der Waals surface area (Å²) in [6.07, 6.45) is 1.96. The zero-order valence-electron chi connectivity index (χ0n) is 9.13. The summed E-state index contributed by atoms with van der Waals surface area (Å²) in [5.41, 5.74) is 1.74. The summed E-state index contributed by atoms with van der Waals surface area (Å²) in [6.45, 7) is 2.18. The molecule has 4 heteroatoms. The molecule has 0 saturated carbocycles. The highest BCUT2D eigenvalue weighted by molar-refractivity contribution is 6.20. The summed E-state index contributed by atoms with van der Waals surface area (Å²) in [7, 11) is 0. The van der Waals surface area contributed by atoms with Crippen molar-refractivity contribution in [3.8, 4) is 5.75 Å². The lowest BCUT2D eigenvalue weighted by Gasteiger charge is -2.19. The molecule has 1 amide bonds. The van der Waals surface area contributed by atoms with Gasteiger partial charge in [0.1, 0.15) is 5.75 Å².